The van der Waals surface area contributed by atoms with Gasteiger partial charge in [0.2, 0.25) is 0 Å². The van der Waals surface area contributed by atoms with E-state index in [-0.39, 0.29) is 11.1 Å². The fourth-order valence-corrected chi connectivity index (χ4v) is 5.58. The molecular formula is C35H39N3O9. The van der Waals surface area contributed by atoms with Gasteiger partial charge in [-0.3, -0.25) is 9.59 Å². The predicted molar refractivity (Wildman–Crippen MR) is 179 cm³/mol. The number of pyridine rings is 2. The Morgan fingerprint density at radius 1 is 0.702 bits per heavy atom. The average Bonchev–Trinajstić information content (AvgIpc) is 3.62. The number of rotatable bonds is 10. The Balaban J connectivity index is 0.000000215. The van der Waals surface area contributed by atoms with Gasteiger partial charge in [0.25, 0.3) is 11.1 Å². The van der Waals surface area contributed by atoms with Crippen LogP contribution in [-0.4, -0.2) is 66.5 Å². The van der Waals surface area contributed by atoms with Gasteiger partial charge in [0.05, 0.1) is 32.7 Å². The molecule has 12 heteroatoms. The number of benzene rings is 2. The Kier molecular flexibility index (Phi) is 11.1. The number of carboxylic acids is 2. The summed E-state index contributed by atoms with van der Waals surface area (Å²) < 4.78 is 15.8. The minimum absolute atomic E-state index is 0.225. The number of carboxylic acid groups (broad SMARTS) is 2. The number of carbonyl (C=O) groups is 2. The Bertz CT molecular complexity index is 1890. The van der Waals surface area contributed by atoms with Crippen LogP contribution in [0.4, 0.5) is 5.69 Å². The molecule has 1 aliphatic rings. The van der Waals surface area contributed by atoms with Crippen LogP contribution in [-0.2, 0) is 12.8 Å². The van der Waals surface area contributed by atoms with E-state index in [1.807, 2.05) is 32.0 Å². The molecule has 0 radical (unpaired) electrons. The summed E-state index contributed by atoms with van der Waals surface area (Å²) in [5.41, 5.74) is 3.63. The summed E-state index contributed by atoms with van der Waals surface area (Å²) in [6, 6.07) is 13.9. The van der Waals surface area contributed by atoms with E-state index in [4.69, 9.17) is 19.3 Å². The maximum absolute atomic E-state index is 12.2. The number of aromatic amines is 2. The Morgan fingerprint density at radius 2 is 1.17 bits per heavy atom. The van der Waals surface area contributed by atoms with Gasteiger partial charge < -0.3 is 39.3 Å². The molecule has 0 unspecified atom stereocenters. The fourth-order valence-electron chi connectivity index (χ4n) is 5.58. The number of nitrogens with one attached hydrogen (secondary N) is 2. The van der Waals surface area contributed by atoms with Crippen LogP contribution in [0.2, 0.25) is 0 Å². The number of ether oxygens (including phenoxy) is 3. The second-order valence-corrected chi connectivity index (χ2v) is 10.8. The monoisotopic (exact) mass is 645 g/mol. The highest BCUT2D eigenvalue weighted by molar-refractivity contribution is 5.89. The Morgan fingerprint density at radius 3 is 1.62 bits per heavy atom. The molecule has 47 heavy (non-hydrogen) atoms. The lowest BCUT2D eigenvalue weighted by Crippen LogP contribution is -2.21. The molecule has 5 rings (SSSR count). The molecular weight excluding hydrogens is 606 g/mol. The van der Waals surface area contributed by atoms with Crippen molar-refractivity contribution in [2.45, 2.75) is 39.5 Å². The van der Waals surface area contributed by atoms with Crippen molar-refractivity contribution >= 4 is 17.6 Å². The maximum atomic E-state index is 12.2. The van der Waals surface area contributed by atoms with Crippen LogP contribution in [0.3, 0.4) is 0 Å². The van der Waals surface area contributed by atoms with Gasteiger partial charge in [-0.15, -0.1) is 0 Å². The lowest BCUT2D eigenvalue weighted by molar-refractivity contribution is 0.0684. The van der Waals surface area contributed by atoms with Gasteiger partial charge in [-0.05, 0) is 73.2 Å². The summed E-state index contributed by atoms with van der Waals surface area (Å²) in [5.74, 6) is -0.537. The molecule has 2 aromatic carbocycles. The summed E-state index contributed by atoms with van der Waals surface area (Å²) in [6.07, 6.45) is 3.46. The number of aryl methyl sites for hydroxylation is 2. The van der Waals surface area contributed by atoms with Crippen molar-refractivity contribution in [3.63, 3.8) is 0 Å². The van der Waals surface area contributed by atoms with Gasteiger partial charge in [0.15, 0.2) is 0 Å². The van der Waals surface area contributed by atoms with Crippen LogP contribution < -0.4 is 30.2 Å². The summed E-state index contributed by atoms with van der Waals surface area (Å²) in [4.78, 5) is 54.2. The van der Waals surface area contributed by atoms with Crippen LogP contribution in [0.25, 0.3) is 22.5 Å². The number of nitrogens with zero attached hydrogens (tertiary/aromatic N) is 1. The zero-order valence-corrected chi connectivity index (χ0v) is 27.1. The topological polar surface area (TPSA) is 171 Å². The third-order valence-electron chi connectivity index (χ3n) is 8.07. The van der Waals surface area contributed by atoms with Gasteiger partial charge >= 0.3 is 11.9 Å². The molecule has 0 bridgehead atoms. The number of aromatic nitrogens is 2. The number of methoxy groups -OCH3 is 3. The molecule has 0 saturated carbocycles. The van der Waals surface area contributed by atoms with Crippen molar-refractivity contribution in [3.05, 3.63) is 91.5 Å². The highest BCUT2D eigenvalue weighted by Gasteiger charge is 2.21. The normalized spacial score (nSPS) is 12.2. The first-order valence-corrected chi connectivity index (χ1v) is 15.2. The number of hydrogen-bond donors (Lipinski definition) is 4. The molecule has 0 spiro atoms. The molecule has 4 aromatic rings. The van der Waals surface area contributed by atoms with E-state index in [1.165, 1.54) is 19.2 Å². The van der Waals surface area contributed by atoms with Crippen molar-refractivity contribution in [2.24, 2.45) is 0 Å². The number of aromatic carboxylic acids is 2. The van der Waals surface area contributed by atoms with Crippen molar-refractivity contribution < 1.29 is 34.0 Å². The standard InChI is InChI=1S/C19H22N2O4.C16H17NO5/c1-3-12-10-15(19(23)24)18(22)20-17(12)14-7-6-13(25-2)11-16(14)21-8-4-5-9-21;1-4-9-7-12(16(19)20)15(18)17-14(9)11-6-5-10(21-2)8-13(11)22-3/h6-7,10-11H,3-5,8-9H2,1-2H3,(H,20,22)(H,23,24);5-8H,4H2,1-3H3,(H,17,18)(H,19,20). The molecule has 1 saturated heterocycles. The van der Waals surface area contributed by atoms with Crippen LogP contribution in [0, 0.1) is 0 Å². The minimum Gasteiger partial charge on any atom is -0.497 e. The largest absolute Gasteiger partial charge is 0.497 e. The van der Waals surface area contributed by atoms with Gasteiger partial charge in [0, 0.05) is 42.0 Å². The number of anilines is 1. The quantitative estimate of drug-likeness (QED) is 0.179. The van der Waals surface area contributed by atoms with Gasteiger partial charge in [-0.2, -0.15) is 0 Å². The van der Waals surface area contributed by atoms with Crippen molar-refractivity contribution in [1.82, 2.24) is 9.97 Å². The van der Waals surface area contributed by atoms with Gasteiger partial charge in [0.1, 0.15) is 28.4 Å². The lowest BCUT2D eigenvalue weighted by atomic mass is 10.00. The highest BCUT2D eigenvalue weighted by Crippen LogP contribution is 2.37. The highest BCUT2D eigenvalue weighted by atomic mass is 16.5. The zero-order chi connectivity index (χ0) is 34.2. The predicted octanol–water partition coefficient (Wildman–Crippen LogP) is 5.23. The Labute approximate surface area is 271 Å². The SMILES string of the molecule is CCc1cc(C(=O)O)c(=O)[nH]c1-c1ccc(OC)cc1N1CCCC1.CCc1cc(C(=O)O)c(=O)[nH]c1-c1ccc(OC)cc1OC. The molecule has 3 heterocycles. The summed E-state index contributed by atoms with van der Waals surface area (Å²) in [7, 11) is 4.70. The maximum Gasteiger partial charge on any atom is 0.341 e. The molecule has 0 atom stereocenters. The second-order valence-electron chi connectivity index (χ2n) is 10.8. The van der Waals surface area contributed by atoms with Crippen LogP contribution in [0.1, 0.15) is 58.5 Å². The molecule has 248 valence electrons. The first-order valence-electron chi connectivity index (χ1n) is 15.2. The first kappa shape index (κ1) is 34.4. The summed E-state index contributed by atoms with van der Waals surface area (Å²) in [5, 5.41) is 18.3. The van der Waals surface area contributed by atoms with Gasteiger partial charge in [-0.1, -0.05) is 13.8 Å². The van der Waals surface area contributed by atoms with E-state index in [9.17, 15) is 24.3 Å². The number of H-pyrrole nitrogens is 2. The molecule has 1 fully saturated rings. The Hall–Kier alpha value is -5.52. The van der Waals surface area contributed by atoms with E-state index in [1.54, 1.807) is 32.4 Å². The van der Waals surface area contributed by atoms with Crippen LogP contribution >= 0.6 is 0 Å². The molecule has 4 N–H and O–H groups in total. The molecule has 12 nitrogen and oxygen atoms in total. The molecule has 0 aliphatic carbocycles. The number of hydrogen-bond acceptors (Lipinski definition) is 8. The third-order valence-corrected chi connectivity index (χ3v) is 8.07. The molecule has 2 aromatic heterocycles. The average molecular weight is 646 g/mol. The van der Waals surface area contributed by atoms with Gasteiger partial charge in [-0.25, -0.2) is 9.59 Å². The van der Waals surface area contributed by atoms with Crippen LogP contribution in [0.15, 0.2) is 58.1 Å². The van der Waals surface area contributed by atoms with Crippen molar-refractivity contribution in [1.29, 1.82) is 0 Å². The zero-order valence-electron chi connectivity index (χ0n) is 27.1. The summed E-state index contributed by atoms with van der Waals surface area (Å²) in [6.45, 7) is 5.75. The van der Waals surface area contributed by atoms with E-state index in [0.29, 0.717) is 41.3 Å². The fraction of sp³-hybridized carbons (Fsp3) is 0.314. The van der Waals surface area contributed by atoms with E-state index >= 15 is 0 Å². The molecule has 0 amide bonds. The first-order chi connectivity index (χ1) is 22.6. The van der Waals surface area contributed by atoms with Crippen molar-refractivity contribution in [3.8, 4) is 39.8 Å². The third kappa shape index (κ3) is 7.49. The second kappa shape index (κ2) is 15.2. The van der Waals surface area contributed by atoms with E-state index in [0.717, 1.165) is 54.1 Å². The summed E-state index contributed by atoms with van der Waals surface area (Å²) >= 11 is 0. The lowest BCUT2D eigenvalue weighted by Gasteiger charge is -2.23. The minimum atomic E-state index is -1.25. The van der Waals surface area contributed by atoms with Crippen LogP contribution in [0.5, 0.6) is 17.2 Å². The van der Waals surface area contributed by atoms with E-state index < -0.39 is 23.1 Å². The van der Waals surface area contributed by atoms with Crippen molar-refractivity contribution in [2.75, 3.05) is 39.3 Å². The van der Waals surface area contributed by atoms with E-state index in [2.05, 4.69) is 14.9 Å². The smallest absolute Gasteiger partial charge is 0.341 e. The molecule has 1 aliphatic heterocycles.